The number of piperidine rings is 1. The van der Waals surface area contributed by atoms with E-state index >= 15 is 0 Å². The van der Waals surface area contributed by atoms with Crippen LogP contribution in [0, 0.1) is 12.3 Å². The van der Waals surface area contributed by atoms with Gasteiger partial charge in [0.05, 0.1) is 0 Å². The molecular weight excluding hydrogens is 184 g/mol. The van der Waals surface area contributed by atoms with E-state index in [9.17, 15) is 0 Å². The molecule has 0 aromatic rings. The van der Waals surface area contributed by atoms with E-state index in [2.05, 4.69) is 30.1 Å². The predicted octanol–water partition coefficient (Wildman–Crippen LogP) is 1.61. The first-order valence-corrected chi connectivity index (χ1v) is 6.14. The molecule has 0 amide bonds. The van der Waals surface area contributed by atoms with Crippen molar-refractivity contribution in [3.8, 4) is 12.3 Å². The predicted molar refractivity (Wildman–Crippen MR) is 63.6 cm³/mol. The van der Waals surface area contributed by atoms with E-state index in [0.717, 1.165) is 24.5 Å². The maximum atomic E-state index is 5.41. The Balaban J connectivity index is 2.01. The summed E-state index contributed by atoms with van der Waals surface area (Å²) in [5, 5.41) is 3.43. The Hall–Kier alpha value is -0.520. The Morgan fingerprint density at radius 1 is 1.40 bits per heavy atom. The second kappa shape index (κ2) is 4.55. The van der Waals surface area contributed by atoms with Crippen molar-refractivity contribution in [2.24, 2.45) is 0 Å². The summed E-state index contributed by atoms with van der Waals surface area (Å²) in [5.41, 5.74) is 0. The van der Waals surface area contributed by atoms with Crippen LogP contribution in [0.2, 0.25) is 0 Å². The first-order valence-electron chi connectivity index (χ1n) is 6.14. The summed E-state index contributed by atoms with van der Waals surface area (Å²) in [7, 11) is 2.09. The maximum Gasteiger partial charge on any atom is 0.0240 e. The minimum Gasteiger partial charge on any atom is -0.317 e. The number of hydrogen-bond acceptors (Lipinski definition) is 2. The molecule has 2 heteroatoms. The van der Waals surface area contributed by atoms with Crippen molar-refractivity contribution in [2.45, 2.75) is 63.2 Å². The zero-order chi connectivity index (χ0) is 10.8. The molecular formula is C13H22N2. The summed E-state index contributed by atoms with van der Waals surface area (Å²) >= 11 is 0. The highest BCUT2D eigenvalue weighted by Crippen LogP contribution is 2.37. The molecule has 0 saturated carbocycles. The topological polar surface area (TPSA) is 15.3 Å². The standard InChI is InChI=1S/C13H22N2/c1-4-5-10(2)15-12-6-7-13(15)9-11(8-12)14-3/h1,10-14H,5-9H2,2-3H3. The van der Waals surface area contributed by atoms with Gasteiger partial charge in [-0.15, -0.1) is 12.3 Å². The lowest BCUT2D eigenvalue weighted by Crippen LogP contribution is -2.51. The Morgan fingerprint density at radius 2 is 2.00 bits per heavy atom. The van der Waals surface area contributed by atoms with Gasteiger partial charge in [-0.05, 0) is 39.7 Å². The fourth-order valence-corrected chi connectivity index (χ4v) is 3.44. The molecule has 2 bridgehead atoms. The van der Waals surface area contributed by atoms with Crippen molar-refractivity contribution in [2.75, 3.05) is 7.05 Å². The van der Waals surface area contributed by atoms with Crippen molar-refractivity contribution in [3.63, 3.8) is 0 Å². The van der Waals surface area contributed by atoms with Gasteiger partial charge in [-0.3, -0.25) is 4.90 Å². The van der Waals surface area contributed by atoms with E-state index in [1.807, 2.05) is 0 Å². The molecule has 0 aliphatic carbocycles. The minimum atomic E-state index is 0.574. The van der Waals surface area contributed by atoms with E-state index in [-0.39, 0.29) is 0 Å². The van der Waals surface area contributed by atoms with Crippen molar-refractivity contribution >= 4 is 0 Å². The third kappa shape index (κ3) is 2.04. The molecule has 2 heterocycles. The van der Waals surface area contributed by atoms with Crippen molar-refractivity contribution in [1.82, 2.24) is 10.2 Å². The molecule has 0 spiro atoms. The largest absolute Gasteiger partial charge is 0.317 e. The summed E-state index contributed by atoms with van der Waals surface area (Å²) in [4.78, 5) is 2.69. The number of hydrogen-bond donors (Lipinski definition) is 1. The first-order chi connectivity index (χ1) is 7.26. The van der Waals surface area contributed by atoms with Gasteiger partial charge in [0.2, 0.25) is 0 Å². The van der Waals surface area contributed by atoms with Crippen LogP contribution in [0.5, 0.6) is 0 Å². The molecule has 2 fully saturated rings. The van der Waals surface area contributed by atoms with Crippen molar-refractivity contribution in [1.29, 1.82) is 0 Å². The number of terminal acetylenes is 1. The van der Waals surface area contributed by atoms with Crippen LogP contribution < -0.4 is 5.32 Å². The quantitative estimate of drug-likeness (QED) is 0.706. The van der Waals surface area contributed by atoms with Gasteiger partial charge in [0.1, 0.15) is 0 Å². The van der Waals surface area contributed by atoms with E-state index in [1.165, 1.54) is 25.7 Å². The molecule has 2 saturated heterocycles. The summed E-state index contributed by atoms with van der Waals surface area (Å²) in [5.74, 6) is 2.80. The zero-order valence-electron chi connectivity index (χ0n) is 9.87. The van der Waals surface area contributed by atoms with Crippen LogP contribution in [0.4, 0.5) is 0 Å². The lowest BCUT2D eigenvalue weighted by Gasteiger charge is -2.42. The minimum absolute atomic E-state index is 0.574. The third-order valence-corrected chi connectivity index (χ3v) is 4.12. The zero-order valence-corrected chi connectivity index (χ0v) is 9.87. The van der Waals surface area contributed by atoms with Gasteiger partial charge in [-0.25, -0.2) is 0 Å². The van der Waals surface area contributed by atoms with Crippen LogP contribution in [0.25, 0.3) is 0 Å². The van der Waals surface area contributed by atoms with Gasteiger partial charge in [0, 0.05) is 30.6 Å². The molecule has 2 aliphatic rings. The van der Waals surface area contributed by atoms with Gasteiger partial charge < -0.3 is 5.32 Å². The molecule has 2 nitrogen and oxygen atoms in total. The molecule has 0 radical (unpaired) electrons. The number of fused-ring (bicyclic) bond motifs is 2. The van der Waals surface area contributed by atoms with Gasteiger partial charge in [0.15, 0.2) is 0 Å². The summed E-state index contributed by atoms with van der Waals surface area (Å²) < 4.78 is 0. The smallest absolute Gasteiger partial charge is 0.0240 e. The molecule has 2 rings (SSSR count). The fourth-order valence-electron chi connectivity index (χ4n) is 3.44. The molecule has 1 N–H and O–H groups in total. The van der Waals surface area contributed by atoms with Crippen LogP contribution in [0.1, 0.15) is 39.0 Å². The van der Waals surface area contributed by atoms with Gasteiger partial charge >= 0.3 is 0 Å². The van der Waals surface area contributed by atoms with Crippen LogP contribution in [0.15, 0.2) is 0 Å². The number of rotatable bonds is 3. The molecule has 0 aromatic carbocycles. The number of nitrogens with one attached hydrogen (secondary N) is 1. The van der Waals surface area contributed by atoms with Crippen molar-refractivity contribution < 1.29 is 0 Å². The van der Waals surface area contributed by atoms with Crippen LogP contribution in [-0.4, -0.2) is 36.1 Å². The Morgan fingerprint density at radius 3 is 2.47 bits per heavy atom. The average Bonchev–Trinajstić information content (AvgIpc) is 2.50. The SMILES string of the molecule is C#CCC(C)N1C2CCC1CC(NC)C2. The second-order valence-corrected chi connectivity index (χ2v) is 5.05. The van der Waals surface area contributed by atoms with E-state index in [0.29, 0.717) is 6.04 Å². The molecule has 3 atom stereocenters. The highest BCUT2D eigenvalue weighted by molar-refractivity contribution is 5.01. The first kappa shape index (κ1) is 11.0. The molecule has 84 valence electrons. The molecule has 0 aromatic heterocycles. The van der Waals surface area contributed by atoms with Gasteiger partial charge in [-0.1, -0.05) is 0 Å². The Kier molecular flexibility index (Phi) is 3.33. The fraction of sp³-hybridized carbons (Fsp3) is 0.846. The van der Waals surface area contributed by atoms with Crippen LogP contribution in [-0.2, 0) is 0 Å². The molecule has 15 heavy (non-hydrogen) atoms. The lowest BCUT2D eigenvalue weighted by atomic mass is 9.95. The number of nitrogens with zero attached hydrogens (tertiary/aromatic N) is 1. The highest BCUT2D eigenvalue weighted by atomic mass is 15.2. The highest BCUT2D eigenvalue weighted by Gasteiger charge is 2.41. The van der Waals surface area contributed by atoms with Crippen LogP contribution in [0.3, 0.4) is 0 Å². The van der Waals surface area contributed by atoms with E-state index in [4.69, 9.17) is 6.42 Å². The average molecular weight is 206 g/mol. The maximum absolute atomic E-state index is 5.41. The van der Waals surface area contributed by atoms with Gasteiger partial charge in [-0.2, -0.15) is 0 Å². The summed E-state index contributed by atoms with van der Waals surface area (Å²) in [6.07, 6.45) is 11.7. The van der Waals surface area contributed by atoms with Crippen LogP contribution >= 0.6 is 0 Å². The normalized spacial score (nSPS) is 37.5. The second-order valence-electron chi connectivity index (χ2n) is 5.05. The Bertz CT molecular complexity index is 242. The molecule has 2 aliphatic heterocycles. The van der Waals surface area contributed by atoms with Gasteiger partial charge in [0.25, 0.3) is 0 Å². The lowest BCUT2D eigenvalue weighted by molar-refractivity contribution is 0.0812. The summed E-state index contributed by atoms with van der Waals surface area (Å²) in [6.45, 7) is 2.28. The Labute approximate surface area is 93.4 Å². The summed E-state index contributed by atoms with van der Waals surface area (Å²) in [6, 6.07) is 2.87. The van der Waals surface area contributed by atoms with Crippen molar-refractivity contribution in [3.05, 3.63) is 0 Å². The monoisotopic (exact) mass is 206 g/mol. The molecule has 3 unspecified atom stereocenters. The van der Waals surface area contributed by atoms with E-state index < -0.39 is 0 Å². The third-order valence-electron chi connectivity index (χ3n) is 4.12. The van der Waals surface area contributed by atoms with E-state index in [1.54, 1.807) is 0 Å².